The van der Waals surface area contributed by atoms with E-state index in [1.54, 1.807) is 6.20 Å². The smallest absolute Gasteiger partial charge is 0.188 e. The van der Waals surface area contributed by atoms with Crippen molar-refractivity contribution in [3.8, 4) is 5.75 Å². The first kappa shape index (κ1) is 20.0. The van der Waals surface area contributed by atoms with Crippen molar-refractivity contribution in [2.45, 2.75) is 39.2 Å². The van der Waals surface area contributed by atoms with Crippen molar-refractivity contribution in [3.05, 3.63) is 58.9 Å². The molecular weight excluding hydrogens is 348 g/mol. The van der Waals surface area contributed by atoms with Gasteiger partial charge in [-0.2, -0.15) is 0 Å². The second kappa shape index (κ2) is 11.4. The Morgan fingerprint density at radius 1 is 1.15 bits per heavy atom. The van der Waals surface area contributed by atoms with Crippen LogP contribution >= 0.6 is 11.6 Å². The molecule has 6 heteroatoms. The van der Waals surface area contributed by atoms with Gasteiger partial charge in [-0.1, -0.05) is 30.5 Å². The number of aromatic nitrogens is 1. The predicted molar refractivity (Wildman–Crippen MR) is 108 cm³/mol. The van der Waals surface area contributed by atoms with Gasteiger partial charge in [0.25, 0.3) is 0 Å². The van der Waals surface area contributed by atoms with Crippen molar-refractivity contribution >= 4 is 17.6 Å². The van der Waals surface area contributed by atoms with Crippen LogP contribution in [0.1, 0.15) is 36.9 Å². The molecule has 0 saturated heterocycles. The quantitative estimate of drug-likeness (QED) is 0.373. The minimum atomic E-state index is 0.473. The molecular formula is C20H27ClN4O. The molecule has 0 aliphatic heterocycles. The summed E-state index contributed by atoms with van der Waals surface area (Å²) in [5.74, 6) is 1.34. The van der Waals surface area contributed by atoms with E-state index in [2.05, 4.69) is 15.3 Å². The zero-order chi connectivity index (χ0) is 18.6. The van der Waals surface area contributed by atoms with Crippen LogP contribution in [0.25, 0.3) is 0 Å². The maximum atomic E-state index is 5.89. The van der Waals surface area contributed by atoms with E-state index in [0.717, 1.165) is 60.9 Å². The number of nitrogens with zero attached hydrogens (tertiary/aromatic N) is 2. The van der Waals surface area contributed by atoms with E-state index in [1.165, 1.54) is 0 Å². The molecule has 1 aromatic heterocycles. The summed E-state index contributed by atoms with van der Waals surface area (Å²) in [5, 5.41) is 3.88. The molecule has 0 saturated carbocycles. The van der Waals surface area contributed by atoms with Crippen LogP contribution in [0.2, 0.25) is 5.02 Å². The zero-order valence-corrected chi connectivity index (χ0v) is 16.0. The summed E-state index contributed by atoms with van der Waals surface area (Å²) in [4.78, 5) is 8.64. The highest BCUT2D eigenvalue weighted by Gasteiger charge is 1.98. The molecule has 0 aliphatic rings. The molecule has 0 spiro atoms. The second-order valence-corrected chi connectivity index (χ2v) is 6.55. The summed E-state index contributed by atoms with van der Waals surface area (Å²) in [7, 11) is 0. The Balaban J connectivity index is 1.50. The third kappa shape index (κ3) is 7.74. The van der Waals surface area contributed by atoms with Gasteiger partial charge in [0.2, 0.25) is 0 Å². The average molecular weight is 375 g/mol. The van der Waals surface area contributed by atoms with Crippen LogP contribution in [0.3, 0.4) is 0 Å². The largest absolute Gasteiger partial charge is 0.494 e. The van der Waals surface area contributed by atoms with Gasteiger partial charge in [0.05, 0.1) is 18.8 Å². The number of aryl methyl sites for hydroxylation is 1. The van der Waals surface area contributed by atoms with E-state index in [1.807, 2.05) is 43.3 Å². The fourth-order valence-electron chi connectivity index (χ4n) is 2.42. The van der Waals surface area contributed by atoms with Crippen molar-refractivity contribution < 1.29 is 4.74 Å². The Morgan fingerprint density at radius 3 is 2.69 bits per heavy atom. The number of nitrogens with one attached hydrogen (secondary N) is 1. The summed E-state index contributed by atoms with van der Waals surface area (Å²) in [6.07, 6.45) is 6.12. The standard InChI is InChI=1S/C20H27ClN4O/c1-16-7-6-13-23-19(16)15-25-20(22)24-12-4-2-3-5-14-26-18-10-8-17(21)9-11-18/h6-11,13H,2-5,12,14-15H2,1H3,(H3,22,24,25). The fourth-order valence-corrected chi connectivity index (χ4v) is 2.54. The molecule has 1 heterocycles. The van der Waals surface area contributed by atoms with Crippen LogP contribution in [-0.4, -0.2) is 24.1 Å². The van der Waals surface area contributed by atoms with E-state index < -0.39 is 0 Å². The highest BCUT2D eigenvalue weighted by atomic mass is 35.5. The average Bonchev–Trinajstić information content (AvgIpc) is 2.64. The lowest BCUT2D eigenvalue weighted by molar-refractivity contribution is 0.304. The van der Waals surface area contributed by atoms with E-state index in [9.17, 15) is 0 Å². The number of ether oxygens (including phenoxy) is 1. The number of nitrogens with two attached hydrogens (primary N) is 1. The molecule has 2 rings (SSSR count). The molecule has 140 valence electrons. The third-order valence-electron chi connectivity index (χ3n) is 3.98. The molecule has 0 unspecified atom stereocenters. The van der Waals surface area contributed by atoms with Gasteiger partial charge >= 0.3 is 0 Å². The minimum Gasteiger partial charge on any atom is -0.494 e. The predicted octanol–water partition coefficient (Wildman–Crippen LogP) is 4.09. The number of pyridine rings is 1. The first-order valence-corrected chi connectivity index (χ1v) is 9.35. The number of rotatable bonds is 10. The van der Waals surface area contributed by atoms with Crippen LogP contribution in [0.5, 0.6) is 5.75 Å². The maximum Gasteiger partial charge on any atom is 0.188 e. The molecule has 0 atom stereocenters. The Bertz CT molecular complexity index is 688. The lowest BCUT2D eigenvalue weighted by Gasteiger charge is -2.07. The van der Waals surface area contributed by atoms with Crippen molar-refractivity contribution in [2.24, 2.45) is 10.7 Å². The molecule has 0 aliphatic carbocycles. The molecule has 0 amide bonds. The van der Waals surface area contributed by atoms with Crippen molar-refractivity contribution in [2.75, 3.05) is 13.2 Å². The number of guanidine groups is 1. The summed E-state index contributed by atoms with van der Waals surface area (Å²) in [6.45, 7) is 4.09. The van der Waals surface area contributed by atoms with Gasteiger partial charge < -0.3 is 15.8 Å². The molecule has 1 aromatic carbocycles. The van der Waals surface area contributed by atoms with Gasteiger partial charge in [-0.25, -0.2) is 4.99 Å². The first-order chi connectivity index (χ1) is 12.6. The van der Waals surface area contributed by atoms with Crippen LogP contribution in [0.15, 0.2) is 47.6 Å². The van der Waals surface area contributed by atoms with E-state index in [4.69, 9.17) is 22.1 Å². The van der Waals surface area contributed by atoms with Gasteiger partial charge in [0, 0.05) is 17.8 Å². The van der Waals surface area contributed by atoms with Crippen LogP contribution in [-0.2, 0) is 6.54 Å². The normalized spacial score (nSPS) is 11.4. The molecule has 5 nitrogen and oxygen atoms in total. The highest BCUT2D eigenvalue weighted by molar-refractivity contribution is 6.30. The Hall–Kier alpha value is -2.27. The Morgan fingerprint density at radius 2 is 1.92 bits per heavy atom. The van der Waals surface area contributed by atoms with Gasteiger partial charge in [0.15, 0.2) is 5.96 Å². The number of halogens is 1. The van der Waals surface area contributed by atoms with E-state index in [0.29, 0.717) is 12.5 Å². The van der Waals surface area contributed by atoms with E-state index >= 15 is 0 Å². The van der Waals surface area contributed by atoms with Crippen LogP contribution in [0, 0.1) is 6.92 Å². The monoisotopic (exact) mass is 374 g/mol. The first-order valence-electron chi connectivity index (χ1n) is 8.98. The van der Waals surface area contributed by atoms with Gasteiger partial charge in [-0.05, 0) is 55.7 Å². The number of hydrogen-bond acceptors (Lipinski definition) is 3. The third-order valence-corrected chi connectivity index (χ3v) is 4.23. The molecule has 0 bridgehead atoms. The van der Waals surface area contributed by atoms with Crippen LogP contribution in [0.4, 0.5) is 0 Å². The lowest BCUT2D eigenvalue weighted by atomic mass is 10.2. The van der Waals surface area contributed by atoms with Gasteiger partial charge in [-0.3, -0.25) is 4.98 Å². The van der Waals surface area contributed by atoms with Crippen molar-refractivity contribution in [1.82, 2.24) is 10.3 Å². The molecule has 2 aromatic rings. The number of benzene rings is 1. The van der Waals surface area contributed by atoms with Gasteiger partial charge in [0.1, 0.15) is 5.75 Å². The molecule has 0 fully saturated rings. The summed E-state index contributed by atoms with van der Waals surface area (Å²) in [6, 6.07) is 11.4. The topological polar surface area (TPSA) is 72.5 Å². The van der Waals surface area contributed by atoms with Crippen molar-refractivity contribution in [3.63, 3.8) is 0 Å². The van der Waals surface area contributed by atoms with Gasteiger partial charge in [-0.15, -0.1) is 0 Å². The molecule has 0 radical (unpaired) electrons. The zero-order valence-electron chi connectivity index (χ0n) is 15.2. The van der Waals surface area contributed by atoms with E-state index in [-0.39, 0.29) is 0 Å². The number of hydrogen-bond donors (Lipinski definition) is 2. The molecule has 3 N–H and O–H groups in total. The Kier molecular flexibility index (Phi) is 8.76. The fraction of sp³-hybridized carbons (Fsp3) is 0.400. The second-order valence-electron chi connectivity index (χ2n) is 6.11. The summed E-state index contributed by atoms with van der Waals surface area (Å²) >= 11 is 5.84. The summed E-state index contributed by atoms with van der Waals surface area (Å²) < 4.78 is 5.67. The summed E-state index contributed by atoms with van der Waals surface area (Å²) in [5.41, 5.74) is 7.98. The highest BCUT2D eigenvalue weighted by Crippen LogP contribution is 2.15. The number of aliphatic imine (C=N–C) groups is 1. The maximum absolute atomic E-state index is 5.89. The number of unbranched alkanes of at least 4 members (excludes halogenated alkanes) is 3. The SMILES string of the molecule is Cc1cccnc1CN=C(N)NCCCCCCOc1ccc(Cl)cc1. The van der Waals surface area contributed by atoms with Crippen LogP contribution < -0.4 is 15.8 Å². The molecule has 26 heavy (non-hydrogen) atoms. The Labute approximate surface area is 160 Å². The minimum absolute atomic E-state index is 0.473. The lowest BCUT2D eigenvalue weighted by Crippen LogP contribution is -2.32. The van der Waals surface area contributed by atoms with Crippen molar-refractivity contribution in [1.29, 1.82) is 0 Å².